The van der Waals surface area contributed by atoms with Gasteiger partial charge in [0.1, 0.15) is 11.3 Å². The first-order chi connectivity index (χ1) is 16.4. The molecule has 1 unspecified atom stereocenters. The van der Waals surface area contributed by atoms with Gasteiger partial charge in [-0.25, -0.2) is 8.42 Å². The van der Waals surface area contributed by atoms with Gasteiger partial charge in [-0.05, 0) is 49.2 Å². The van der Waals surface area contributed by atoms with E-state index in [1.54, 1.807) is 18.2 Å². The normalized spacial score (nSPS) is 17.0. The number of aromatic nitrogens is 2. The van der Waals surface area contributed by atoms with Crippen molar-refractivity contribution < 1.29 is 26.8 Å². The quantitative estimate of drug-likeness (QED) is 0.442. The first-order valence-corrected chi connectivity index (χ1v) is 12.2. The van der Waals surface area contributed by atoms with Crippen LogP contribution in [-0.4, -0.2) is 49.0 Å². The van der Waals surface area contributed by atoms with Crippen molar-refractivity contribution in [3.63, 3.8) is 0 Å². The molecule has 1 amide bonds. The highest BCUT2D eigenvalue weighted by molar-refractivity contribution is 7.89. The Morgan fingerprint density at radius 1 is 1.12 bits per heavy atom. The zero-order valence-electron chi connectivity index (χ0n) is 18.3. The molecule has 5 rings (SSSR count). The van der Waals surface area contributed by atoms with Crippen LogP contribution in [-0.2, 0) is 14.8 Å². The summed E-state index contributed by atoms with van der Waals surface area (Å²) >= 11 is 0. The van der Waals surface area contributed by atoms with Crippen LogP contribution in [0.15, 0.2) is 68.3 Å². The molecule has 0 spiro atoms. The maximum Gasteiger partial charge on any atom is 0.322 e. The summed E-state index contributed by atoms with van der Waals surface area (Å²) in [6.07, 6.45) is 1.10. The summed E-state index contributed by atoms with van der Waals surface area (Å²) in [5, 5.41) is 11.3. The highest BCUT2D eigenvalue weighted by atomic mass is 32.2. The van der Waals surface area contributed by atoms with Gasteiger partial charge in [-0.2, -0.15) is 4.31 Å². The van der Waals surface area contributed by atoms with E-state index in [-0.39, 0.29) is 29.3 Å². The summed E-state index contributed by atoms with van der Waals surface area (Å²) < 4.78 is 43.8. The molecule has 11 heteroatoms. The SMILES string of the molecule is COc1ccc(S(=O)(=O)N2CCCC(C(=O)Nc3nnc(-c4cc5ccccc5o4)o3)C2)cc1. The number of para-hydroxylation sites is 1. The van der Waals surface area contributed by atoms with Crippen LogP contribution < -0.4 is 10.1 Å². The highest BCUT2D eigenvalue weighted by Gasteiger charge is 2.34. The highest BCUT2D eigenvalue weighted by Crippen LogP contribution is 2.29. The van der Waals surface area contributed by atoms with Crippen molar-refractivity contribution in [2.45, 2.75) is 17.7 Å². The summed E-state index contributed by atoms with van der Waals surface area (Å²) in [6, 6.07) is 15.4. The van der Waals surface area contributed by atoms with E-state index in [0.29, 0.717) is 36.5 Å². The number of carbonyl (C=O) groups is 1. The van der Waals surface area contributed by atoms with E-state index in [1.807, 2.05) is 24.3 Å². The average Bonchev–Trinajstić information content (AvgIpc) is 3.51. The number of furan rings is 1. The second-order valence-electron chi connectivity index (χ2n) is 7.93. The minimum Gasteiger partial charge on any atom is -0.497 e. The van der Waals surface area contributed by atoms with Crippen molar-refractivity contribution in [2.24, 2.45) is 5.92 Å². The molecule has 0 bridgehead atoms. The van der Waals surface area contributed by atoms with Crippen LogP contribution >= 0.6 is 0 Å². The van der Waals surface area contributed by atoms with Gasteiger partial charge in [0.2, 0.25) is 15.9 Å². The maximum atomic E-state index is 13.0. The Hall–Kier alpha value is -3.70. The zero-order valence-corrected chi connectivity index (χ0v) is 19.1. The van der Waals surface area contributed by atoms with Gasteiger partial charge in [0.15, 0.2) is 5.76 Å². The first-order valence-electron chi connectivity index (χ1n) is 10.7. The van der Waals surface area contributed by atoms with Crippen molar-refractivity contribution in [3.8, 4) is 17.4 Å². The number of fused-ring (bicyclic) bond motifs is 1. The summed E-state index contributed by atoms with van der Waals surface area (Å²) in [4.78, 5) is 13.0. The summed E-state index contributed by atoms with van der Waals surface area (Å²) in [5.41, 5.74) is 0.682. The molecule has 1 aliphatic rings. The predicted octanol–water partition coefficient (Wildman–Crippen LogP) is 3.53. The summed E-state index contributed by atoms with van der Waals surface area (Å²) in [5.74, 6) is 0.164. The Morgan fingerprint density at radius 3 is 2.68 bits per heavy atom. The minimum absolute atomic E-state index is 0.0603. The third-order valence-corrected chi connectivity index (χ3v) is 7.62. The third-order valence-electron chi connectivity index (χ3n) is 5.74. The monoisotopic (exact) mass is 482 g/mol. The molecule has 3 heterocycles. The number of rotatable bonds is 6. The molecule has 1 atom stereocenters. The number of hydrogen-bond acceptors (Lipinski definition) is 8. The number of methoxy groups -OCH3 is 1. The molecular weight excluding hydrogens is 460 g/mol. The van der Waals surface area contributed by atoms with Crippen LogP contribution in [0, 0.1) is 5.92 Å². The Bertz CT molecular complexity index is 1390. The van der Waals surface area contributed by atoms with Crippen molar-refractivity contribution in [2.75, 3.05) is 25.5 Å². The second kappa shape index (κ2) is 8.92. The molecular formula is C23H22N4O6S. The van der Waals surface area contributed by atoms with Gasteiger partial charge in [-0.1, -0.05) is 23.3 Å². The number of anilines is 1. The van der Waals surface area contributed by atoms with Gasteiger partial charge in [0, 0.05) is 18.5 Å². The molecule has 1 fully saturated rings. The Labute approximate surface area is 195 Å². The lowest BCUT2D eigenvalue weighted by Crippen LogP contribution is -2.43. The van der Waals surface area contributed by atoms with Crippen LogP contribution in [0.3, 0.4) is 0 Å². The van der Waals surface area contributed by atoms with Crippen molar-refractivity contribution in [3.05, 3.63) is 54.6 Å². The van der Waals surface area contributed by atoms with E-state index >= 15 is 0 Å². The standard InChI is InChI=1S/C23H22N4O6S/c1-31-17-8-10-18(11-9-17)34(29,30)27-12-4-6-16(14-27)21(28)24-23-26-25-22(33-23)20-13-15-5-2-3-7-19(15)32-20/h2-3,5,7-11,13,16H,4,6,12,14H2,1H3,(H,24,26,28). The van der Waals surface area contributed by atoms with E-state index in [9.17, 15) is 13.2 Å². The zero-order chi connectivity index (χ0) is 23.7. The molecule has 1 N–H and O–H groups in total. The lowest BCUT2D eigenvalue weighted by Gasteiger charge is -2.30. The number of benzene rings is 2. The Morgan fingerprint density at radius 2 is 1.91 bits per heavy atom. The van der Waals surface area contributed by atoms with Crippen LogP contribution in [0.5, 0.6) is 5.75 Å². The molecule has 10 nitrogen and oxygen atoms in total. The number of amides is 1. The van der Waals surface area contributed by atoms with E-state index in [1.165, 1.54) is 23.5 Å². The van der Waals surface area contributed by atoms with Gasteiger partial charge in [-0.15, -0.1) is 5.10 Å². The van der Waals surface area contributed by atoms with Crippen molar-refractivity contribution >= 4 is 32.9 Å². The summed E-state index contributed by atoms with van der Waals surface area (Å²) in [6.45, 7) is 0.402. The number of sulfonamides is 1. The maximum absolute atomic E-state index is 13.0. The van der Waals surface area contributed by atoms with E-state index in [0.717, 1.165) is 5.39 Å². The topological polar surface area (TPSA) is 128 Å². The predicted molar refractivity (Wildman–Crippen MR) is 123 cm³/mol. The fourth-order valence-electron chi connectivity index (χ4n) is 3.94. The number of ether oxygens (including phenoxy) is 1. The van der Waals surface area contributed by atoms with Gasteiger partial charge in [0.25, 0.3) is 5.89 Å². The lowest BCUT2D eigenvalue weighted by atomic mass is 9.99. The van der Waals surface area contributed by atoms with Crippen LogP contribution in [0.25, 0.3) is 22.6 Å². The Kier molecular flexibility index (Phi) is 5.80. The van der Waals surface area contributed by atoms with Crippen LogP contribution in [0.4, 0.5) is 6.01 Å². The first kappa shape index (κ1) is 22.1. The number of hydrogen-bond donors (Lipinski definition) is 1. The summed E-state index contributed by atoms with van der Waals surface area (Å²) in [7, 11) is -2.22. The molecule has 176 valence electrons. The van der Waals surface area contributed by atoms with E-state index in [2.05, 4.69) is 15.5 Å². The van der Waals surface area contributed by atoms with Gasteiger partial charge < -0.3 is 13.6 Å². The number of piperidine rings is 1. The van der Waals surface area contributed by atoms with E-state index < -0.39 is 15.9 Å². The molecule has 0 saturated carbocycles. The van der Waals surface area contributed by atoms with Gasteiger partial charge in [-0.3, -0.25) is 10.1 Å². The van der Waals surface area contributed by atoms with E-state index in [4.69, 9.17) is 13.6 Å². The third kappa shape index (κ3) is 4.27. The average molecular weight is 483 g/mol. The Balaban J connectivity index is 1.27. The number of nitrogens with one attached hydrogen (secondary N) is 1. The molecule has 2 aromatic heterocycles. The lowest BCUT2D eigenvalue weighted by molar-refractivity contribution is -0.121. The van der Waals surface area contributed by atoms with Crippen molar-refractivity contribution in [1.82, 2.24) is 14.5 Å². The van der Waals surface area contributed by atoms with Crippen LogP contribution in [0.2, 0.25) is 0 Å². The fourth-order valence-corrected chi connectivity index (χ4v) is 5.46. The smallest absolute Gasteiger partial charge is 0.322 e. The molecule has 0 aliphatic carbocycles. The molecule has 1 aliphatic heterocycles. The second-order valence-corrected chi connectivity index (χ2v) is 9.87. The minimum atomic E-state index is -3.74. The molecule has 4 aromatic rings. The number of nitrogens with zero attached hydrogens (tertiary/aromatic N) is 3. The van der Waals surface area contributed by atoms with Gasteiger partial charge >= 0.3 is 6.01 Å². The molecule has 1 saturated heterocycles. The molecule has 0 radical (unpaired) electrons. The van der Waals surface area contributed by atoms with Gasteiger partial charge in [0.05, 0.1) is 17.9 Å². The van der Waals surface area contributed by atoms with Crippen molar-refractivity contribution in [1.29, 1.82) is 0 Å². The number of carbonyl (C=O) groups excluding carboxylic acids is 1. The molecule has 2 aromatic carbocycles. The fraction of sp³-hybridized carbons (Fsp3) is 0.261. The largest absolute Gasteiger partial charge is 0.497 e. The molecule has 34 heavy (non-hydrogen) atoms. The van der Waals surface area contributed by atoms with Crippen LogP contribution in [0.1, 0.15) is 12.8 Å².